The lowest BCUT2D eigenvalue weighted by Gasteiger charge is -2.29. The minimum absolute atomic E-state index is 0. The zero-order valence-electron chi connectivity index (χ0n) is 82.0. The summed E-state index contributed by atoms with van der Waals surface area (Å²) in [5.74, 6) is -7.74. The molecule has 0 bridgehead atoms. The number of aliphatic hydroxyl groups excluding tert-OH is 2. The van der Waals surface area contributed by atoms with E-state index in [1.54, 1.807) is 32.9 Å². The van der Waals surface area contributed by atoms with E-state index < -0.39 is 131 Å². The van der Waals surface area contributed by atoms with E-state index >= 15 is 0 Å². The molecular weight excluding hydrogens is 2120 g/mol. The average molecular weight is 2240 g/mol. The van der Waals surface area contributed by atoms with Crippen molar-refractivity contribution in [2.45, 2.75) is 174 Å². The number of hydrogen-bond donors (Lipinski definition) is 7. The predicted molar refractivity (Wildman–Crippen MR) is 550 cm³/mol. The molecule has 9 N–H and O–H groups in total. The molecule has 150 heavy (non-hydrogen) atoms. The van der Waals surface area contributed by atoms with Crippen LogP contribution in [0.25, 0.3) is 34.4 Å². The van der Waals surface area contributed by atoms with Crippen LogP contribution in [0.15, 0.2) is 233 Å². The summed E-state index contributed by atoms with van der Waals surface area (Å²) in [6, 6.07) is 32.4. The Morgan fingerprint density at radius 3 is 1.02 bits per heavy atom. The predicted octanol–water partition coefficient (Wildman–Crippen LogP) is 22.2. The van der Waals surface area contributed by atoms with E-state index in [4.69, 9.17) is 29.5 Å². The number of benzene rings is 9. The molecule has 0 radical (unpaired) electrons. The van der Waals surface area contributed by atoms with Gasteiger partial charge in [0.1, 0.15) is 59.8 Å². The van der Waals surface area contributed by atoms with Crippen LogP contribution < -0.4 is 27.4 Å². The van der Waals surface area contributed by atoms with Crippen LogP contribution in [0.4, 0.5) is 65.9 Å². The molecule has 0 aliphatic rings. The lowest BCUT2D eigenvalue weighted by Crippen LogP contribution is -2.48. The van der Waals surface area contributed by atoms with Crippen LogP contribution in [0.5, 0.6) is 0 Å². The Balaban J connectivity index is 0.000000459. The maximum absolute atomic E-state index is 14.2. The number of carbonyl (C=O) groups excluding carboxylic acids is 6. The van der Waals surface area contributed by atoms with Crippen LogP contribution in [0.2, 0.25) is 0 Å². The first-order chi connectivity index (χ1) is 68.5. The lowest BCUT2D eigenvalue weighted by molar-refractivity contribution is -0.138. The van der Waals surface area contributed by atoms with Gasteiger partial charge in [-0.05, 0) is 206 Å². The number of hydrogen-bond acceptors (Lipinski definition) is 19. The second kappa shape index (κ2) is 62.0. The van der Waals surface area contributed by atoms with E-state index in [-0.39, 0.29) is 217 Å². The number of nitrogens with zero attached hydrogens (tertiary/aromatic N) is 7. The molecule has 0 saturated carbocycles. The van der Waals surface area contributed by atoms with Crippen LogP contribution >= 0.6 is 74.4 Å². The van der Waals surface area contributed by atoms with Gasteiger partial charge >= 0.3 is 24.5 Å². The average Bonchev–Trinajstić information content (AvgIpc) is 1.28. The van der Waals surface area contributed by atoms with Gasteiger partial charge in [-0.3, -0.25) is 24.0 Å². The number of amides is 5. The molecule has 0 saturated heterocycles. The molecule has 6 atom stereocenters. The van der Waals surface area contributed by atoms with Gasteiger partial charge in [-0.2, -0.15) is 39.5 Å². The van der Waals surface area contributed by atoms with Gasteiger partial charge in [0.05, 0.1) is 59.1 Å². The molecule has 12 aromatic rings. The first-order valence-corrected chi connectivity index (χ1v) is 46.5. The number of halogens is 21. The SMILES string of the molecule is CCCN(CCC)C(=O)c1cc(C(=O)N(Cc2cccc(C(F)(F)F)c2)C[C@@H](O)[C@@H](N)Cc2cc(F)cc(F)c2)cc(-c2ncco2)c1.CCCN(CCC)C(=O)c1cc(C(=O)N[C@@H](Cc2cc(F)cc(F)c2)[C@H](O)CNCc2cccc(C(F)(F)F)c2)cc(-c2ncco2)c1.CCCN(CCC)C(=O)c1cc(C(=O)O[C@H](CNCc2cccc(C(F)(F)F)c2)[C@@H](N)Cc2cc(F)cc(F)c2)cc(-c2ncco2)c1.Cl.Cl.Cl.Cl.Cl.Cl. The monoisotopic (exact) mass is 2230 g/mol. The number of aromatic nitrogens is 3. The van der Waals surface area contributed by atoms with Crippen LogP contribution in [0, 0.1) is 34.9 Å². The van der Waals surface area contributed by atoms with Crippen LogP contribution in [0.3, 0.4) is 0 Å². The largest absolute Gasteiger partial charge is 0.456 e. The van der Waals surface area contributed by atoms with Gasteiger partial charge < -0.3 is 75.2 Å². The van der Waals surface area contributed by atoms with E-state index in [9.17, 15) is 105 Å². The van der Waals surface area contributed by atoms with Crippen molar-refractivity contribution in [2.75, 3.05) is 58.9 Å². The Labute approximate surface area is 894 Å². The van der Waals surface area contributed by atoms with Crippen molar-refractivity contribution in [1.29, 1.82) is 0 Å². The molecular formula is C105H117Cl6F15N12O12. The van der Waals surface area contributed by atoms with E-state index in [1.807, 2.05) is 41.5 Å². The maximum Gasteiger partial charge on any atom is 0.416 e. The summed E-state index contributed by atoms with van der Waals surface area (Å²) in [6.45, 7) is 13.4. The molecule has 45 heteroatoms. The van der Waals surface area contributed by atoms with E-state index in [0.717, 1.165) is 103 Å². The van der Waals surface area contributed by atoms with Crippen molar-refractivity contribution in [2.24, 2.45) is 11.5 Å². The Hall–Kier alpha value is -12.1. The molecule has 12 rings (SSSR count). The molecule has 0 unspecified atom stereocenters. The number of carbonyl (C=O) groups is 6. The second-order valence-electron chi connectivity index (χ2n) is 34.3. The number of ether oxygens (including phenoxy) is 1. The molecule has 0 spiro atoms. The first-order valence-electron chi connectivity index (χ1n) is 46.5. The lowest BCUT2D eigenvalue weighted by atomic mass is 9.99. The minimum Gasteiger partial charge on any atom is -0.456 e. The molecule has 9 aromatic carbocycles. The molecule has 3 heterocycles. The van der Waals surface area contributed by atoms with Gasteiger partial charge in [-0.25, -0.2) is 46.1 Å². The maximum atomic E-state index is 14.2. The summed E-state index contributed by atoms with van der Waals surface area (Å²) in [5, 5.41) is 30.9. The third-order valence-electron chi connectivity index (χ3n) is 22.5. The number of nitrogens with two attached hydrogens (primary N) is 2. The Morgan fingerprint density at radius 2 is 0.673 bits per heavy atom. The van der Waals surface area contributed by atoms with Crippen molar-refractivity contribution >= 4 is 110 Å². The molecule has 24 nitrogen and oxygen atoms in total. The smallest absolute Gasteiger partial charge is 0.416 e. The quantitative estimate of drug-likeness (QED) is 0.0138. The topological polar surface area (TPSA) is 331 Å². The van der Waals surface area contributed by atoms with Crippen molar-refractivity contribution < 1.29 is 123 Å². The van der Waals surface area contributed by atoms with E-state index in [2.05, 4.69) is 30.9 Å². The van der Waals surface area contributed by atoms with Crippen LogP contribution in [0.1, 0.15) is 192 Å². The second-order valence-corrected chi connectivity index (χ2v) is 34.3. The fourth-order valence-electron chi connectivity index (χ4n) is 15.9. The summed E-state index contributed by atoms with van der Waals surface area (Å²) < 4.78 is 225. The highest BCUT2D eigenvalue weighted by Gasteiger charge is 2.36. The van der Waals surface area contributed by atoms with Gasteiger partial charge in [0.15, 0.2) is 0 Å². The van der Waals surface area contributed by atoms with Crippen molar-refractivity contribution in [1.82, 2.24) is 50.5 Å². The first kappa shape index (κ1) is 130. The molecule has 0 aliphatic heterocycles. The van der Waals surface area contributed by atoms with E-state index in [0.29, 0.717) is 98.1 Å². The summed E-state index contributed by atoms with van der Waals surface area (Å²) in [4.78, 5) is 101. The minimum atomic E-state index is -4.64. The number of aliphatic hydroxyl groups is 2. The number of alkyl halides is 9. The highest BCUT2D eigenvalue weighted by atomic mass is 35.5. The van der Waals surface area contributed by atoms with Crippen molar-refractivity contribution in [3.63, 3.8) is 0 Å². The summed E-state index contributed by atoms with van der Waals surface area (Å²) >= 11 is 0. The summed E-state index contributed by atoms with van der Waals surface area (Å²) in [5.41, 5.74) is 13.0. The normalized spacial score (nSPS) is 12.3. The Kier molecular flexibility index (Phi) is 53.8. The molecule has 816 valence electrons. The zero-order valence-corrected chi connectivity index (χ0v) is 86.9. The fraction of sp³-hybridized carbons (Fsp3) is 0.343. The van der Waals surface area contributed by atoms with Crippen LogP contribution in [-0.2, 0) is 62.2 Å². The summed E-state index contributed by atoms with van der Waals surface area (Å²) in [7, 11) is 0. The zero-order chi connectivity index (χ0) is 105. The van der Waals surface area contributed by atoms with E-state index in [1.165, 1.54) is 110 Å². The van der Waals surface area contributed by atoms with Crippen molar-refractivity contribution in [3.05, 3.63) is 338 Å². The van der Waals surface area contributed by atoms with Gasteiger partial charge in [0.2, 0.25) is 17.7 Å². The Morgan fingerprint density at radius 1 is 0.367 bits per heavy atom. The Bertz CT molecular complexity index is 6190. The number of esters is 1. The van der Waals surface area contributed by atoms with Gasteiger partial charge in [0.25, 0.3) is 29.5 Å². The third-order valence-corrected chi connectivity index (χ3v) is 22.5. The number of rotatable bonds is 44. The number of oxazole rings is 3. The molecule has 5 amide bonds. The standard InChI is InChI=1S/3C35H37F5N4O4.6ClH/c1-3-9-44(10-4-2)33(45)25-16-24(32-43-8-11-47-32)17-26(18-25)34(46)48-31(30(41)15-23-13-28(36)19-29(37)14-23)21-42-20-22-6-5-7-27(12-22)35(38,39)40;1-3-9-43(10-4-2)33(46)25-16-24(32-42-8-11-48-32)17-26(18-25)34(47)44(20-22-6-5-7-27(12-22)35(38,39)40)21-31(45)30(41)15-23-13-28(36)19-29(37)14-23;1-3-9-44(10-4-2)34(47)26-17-24(16-25(18-26)33-42-8-11-48-33)32(46)43-30(15-23-13-28(36)19-29(37)14-23)31(45)21-41-20-22-6-5-7-27(12-22)35(38,39)40;;;;;;/h5-8,11-14,16-19,30-31,42H,3-4,9-10,15,20-21,41H2,1-2H3;5-8,11-14,16-19,30-31,45H,3-4,9-10,15,20-21,41H2,1-2H3;5-8,11-14,16-19,30-31,41,45H,3-4,9-10,15,20-21H2,1-2H3,(H,43,46);6*1H/t3*30-,31+;;;;;;/m000....../s1. The number of nitrogens with one attached hydrogen (secondary N) is 3. The van der Waals surface area contributed by atoms with Gasteiger partial charge in [-0.15, -0.1) is 74.4 Å². The summed E-state index contributed by atoms with van der Waals surface area (Å²) in [6.07, 6.45) is -5.54. The van der Waals surface area contributed by atoms with Gasteiger partial charge in [0, 0.05) is 153 Å². The van der Waals surface area contributed by atoms with Crippen LogP contribution in [-0.4, -0.2) is 176 Å². The molecule has 0 fully saturated rings. The third kappa shape index (κ3) is 39.3. The molecule has 0 aliphatic carbocycles. The highest BCUT2D eigenvalue weighted by Crippen LogP contribution is 2.35. The fourth-order valence-corrected chi connectivity index (χ4v) is 15.9. The highest BCUT2D eigenvalue weighted by molar-refractivity contribution is 6.03. The molecule has 3 aromatic heterocycles. The van der Waals surface area contributed by atoms with Crippen molar-refractivity contribution in [3.8, 4) is 34.4 Å². The van der Waals surface area contributed by atoms with Gasteiger partial charge in [-0.1, -0.05) is 90.1 Å².